The summed E-state index contributed by atoms with van der Waals surface area (Å²) < 4.78 is 0. The summed E-state index contributed by atoms with van der Waals surface area (Å²) in [6.45, 7) is 4.27. The van der Waals surface area contributed by atoms with E-state index in [4.69, 9.17) is 17.3 Å². The van der Waals surface area contributed by atoms with Gasteiger partial charge in [-0.05, 0) is 36.8 Å². The molecule has 1 aromatic carbocycles. The van der Waals surface area contributed by atoms with Crippen molar-refractivity contribution < 1.29 is 0 Å². The molecule has 0 saturated carbocycles. The van der Waals surface area contributed by atoms with E-state index in [1.807, 2.05) is 30.0 Å². The van der Waals surface area contributed by atoms with Gasteiger partial charge in [0.2, 0.25) is 0 Å². The molecule has 3 heteroatoms. The fraction of sp³-hybridized carbons (Fsp3) is 0.538. The smallest absolute Gasteiger partial charge is 0.0446 e. The average molecular weight is 258 g/mol. The molecule has 2 unspecified atom stereocenters. The molecule has 1 nitrogen and oxygen atoms in total. The lowest BCUT2D eigenvalue weighted by molar-refractivity contribution is 0.719. The molecule has 1 rings (SSSR count). The molecule has 0 aliphatic carbocycles. The lowest BCUT2D eigenvalue weighted by Crippen LogP contribution is -2.22. The minimum Gasteiger partial charge on any atom is -0.327 e. The normalized spacial score (nSPS) is 14.8. The fourth-order valence-electron chi connectivity index (χ4n) is 1.59. The van der Waals surface area contributed by atoms with Gasteiger partial charge in [-0.15, -0.1) is 0 Å². The van der Waals surface area contributed by atoms with Crippen molar-refractivity contribution in [3.05, 3.63) is 34.9 Å². The summed E-state index contributed by atoms with van der Waals surface area (Å²) in [5.74, 6) is 1.16. The Kier molecular flexibility index (Phi) is 6.25. The van der Waals surface area contributed by atoms with Gasteiger partial charge in [0.15, 0.2) is 0 Å². The van der Waals surface area contributed by atoms with Crippen molar-refractivity contribution >= 4 is 23.4 Å². The van der Waals surface area contributed by atoms with E-state index in [0.717, 1.165) is 10.8 Å². The minimum atomic E-state index is 0.153. The van der Waals surface area contributed by atoms with E-state index in [9.17, 15) is 0 Å². The molecule has 0 radical (unpaired) electrons. The number of hydrogen-bond donors (Lipinski definition) is 1. The van der Waals surface area contributed by atoms with Crippen molar-refractivity contribution in [2.75, 3.05) is 5.75 Å². The van der Waals surface area contributed by atoms with Crippen LogP contribution < -0.4 is 5.73 Å². The minimum absolute atomic E-state index is 0.153. The number of thioether (sulfide) groups is 1. The van der Waals surface area contributed by atoms with Crippen LogP contribution in [0.3, 0.4) is 0 Å². The topological polar surface area (TPSA) is 26.0 Å². The molecule has 0 spiro atoms. The Morgan fingerprint density at radius 3 is 2.75 bits per heavy atom. The zero-order valence-corrected chi connectivity index (χ0v) is 11.5. The number of hydrogen-bond acceptors (Lipinski definition) is 2. The van der Waals surface area contributed by atoms with E-state index in [2.05, 4.69) is 19.9 Å². The number of benzene rings is 1. The van der Waals surface area contributed by atoms with Gasteiger partial charge in [-0.2, -0.15) is 11.8 Å². The summed E-state index contributed by atoms with van der Waals surface area (Å²) in [5, 5.41) is 1.14. The molecule has 0 heterocycles. The Morgan fingerprint density at radius 1 is 1.44 bits per heavy atom. The van der Waals surface area contributed by atoms with E-state index in [1.54, 1.807) is 0 Å². The predicted molar refractivity (Wildman–Crippen MR) is 75.2 cm³/mol. The van der Waals surface area contributed by atoms with Gasteiger partial charge in [-0.1, -0.05) is 37.1 Å². The Labute approximate surface area is 108 Å². The fourth-order valence-corrected chi connectivity index (χ4v) is 3.14. The zero-order chi connectivity index (χ0) is 12.0. The van der Waals surface area contributed by atoms with Crippen molar-refractivity contribution in [3.8, 4) is 0 Å². The SMILES string of the molecule is CCCCSC(c1cccc(Cl)c1)C(C)N. The third kappa shape index (κ3) is 4.36. The number of rotatable bonds is 6. The predicted octanol–water partition coefficient (Wildman–Crippen LogP) is 4.26. The molecule has 0 bridgehead atoms. The van der Waals surface area contributed by atoms with Crippen LogP contribution in [0.25, 0.3) is 0 Å². The highest BCUT2D eigenvalue weighted by molar-refractivity contribution is 7.99. The summed E-state index contributed by atoms with van der Waals surface area (Å²) in [4.78, 5) is 0. The summed E-state index contributed by atoms with van der Waals surface area (Å²) in [6.07, 6.45) is 2.47. The van der Waals surface area contributed by atoms with E-state index in [-0.39, 0.29) is 6.04 Å². The molecule has 0 aliphatic heterocycles. The largest absolute Gasteiger partial charge is 0.327 e. The first kappa shape index (κ1) is 13.9. The average Bonchev–Trinajstić information content (AvgIpc) is 2.24. The van der Waals surface area contributed by atoms with Crippen LogP contribution in [0, 0.1) is 0 Å². The second-order valence-electron chi connectivity index (χ2n) is 4.06. The maximum atomic E-state index is 6.04. The highest BCUT2D eigenvalue weighted by atomic mass is 35.5. The third-order valence-corrected chi connectivity index (χ3v) is 4.27. The van der Waals surface area contributed by atoms with Crippen molar-refractivity contribution in [1.82, 2.24) is 0 Å². The molecule has 0 aromatic heterocycles. The van der Waals surface area contributed by atoms with Crippen LogP contribution in [0.1, 0.15) is 37.5 Å². The number of nitrogens with two attached hydrogens (primary N) is 1. The molecule has 16 heavy (non-hydrogen) atoms. The second-order valence-corrected chi connectivity index (χ2v) is 5.74. The summed E-state index contributed by atoms with van der Waals surface area (Å²) >= 11 is 7.94. The number of unbranched alkanes of at least 4 members (excludes halogenated alkanes) is 1. The van der Waals surface area contributed by atoms with Crippen molar-refractivity contribution in [1.29, 1.82) is 0 Å². The Hall–Kier alpha value is -0.180. The van der Waals surface area contributed by atoms with Crippen LogP contribution in [-0.4, -0.2) is 11.8 Å². The van der Waals surface area contributed by atoms with E-state index >= 15 is 0 Å². The Bertz CT molecular complexity index is 315. The van der Waals surface area contributed by atoms with E-state index in [1.165, 1.54) is 18.4 Å². The van der Waals surface area contributed by atoms with Crippen LogP contribution in [0.2, 0.25) is 5.02 Å². The van der Waals surface area contributed by atoms with Gasteiger partial charge >= 0.3 is 0 Å². The maximum Gasteiger partial charge on any atom is 0.0446 e. The highest BCUT2D eigenvalue weighted by Crippen LogP contribution is 2.33. The van der Waals surface area contributed by atoms with Crippen LogP contribution in [0.5, 0.6) is 0 Å². The molecule has 2 atom stereocenters. The summed E-state index contributed by atoms with van der Waals surface area (Å²) in [7, 11) is 0. The molecular formula is C13H20ClNS. The molecule has 0 fully saturated rings. The molecule has 0 amide bonds. The Morgan fingerprint density at radius 2 is 2.19 bits per heavy atom. The van der Waals surface area contributed by atoms with Crippen molar-refractivity contribution in [2.45, 2.75) is 38.0 Å². The van der Waals surface area contributed by atoms with Gasteiger partial charge in [0.25, 0.3) is 0 Å². The van der Waals surface area contributed by atoms with Gasteiger partial charge in [0, 0.05) is 16.3 Å². The van der Waals surface area contributed by atoms with Crippen molar-refractivity contribution in [3.63, 3.8) is 0 Å². The quantitative estimate of drug-likeness (QED) is 0.771. The lowest BCUT2D eigenvalue weighted by Gasteiger charge is -2.21. The third-order valence-electron chi connectivity index (χ3n) is 2.45. The lowest BCUT2D eigenvalue weighted by atomic mass is 10.1. The maximum absolute atomic E-state index is 6.04. The standard InChI is InChI=1S/C13H20ClNS/c1-3-4-8-16-13(10(2)15)11-6-5-7-12(14)9-11/h5-7,9-10,13H,3-4,8,15H2,1-2H3. The van der Waals surface area contributed by atoms with Gasteiger partial charge in [0.1, 0.15) is 0 Å². The van der Waals surface area contributed by atoms with Gasteiger partial charge < -0.3 is 5.73 Å². The monoisotopic (exact) mass is 257 g/mol. The van der Waals surface area contributed by atoms with Gasteiger partial charge in [-0.3, -0.25) is 0 Å². The second kappa shape index (κ2) is 7.21. The molecule has 1 aromatic rings. The first-order chi connectivity index (χ1) is 7.65. The van der Waals surface area contributed by atoms with Crippen LogP contribution in [0.15, 0.2) is 24.3 Å². The Balaban J connectivity index is 2.69. The molecule has 0 aliphatic rings. The van der Waals surface area contributed by atoms with Crippen LogP contribution in [0.4, 0.5) is 0 Å². The van der Waals surface area contributed by atoms with Crippen molar-refractivity contribution in [2.24, 2.45) is 5.73 Å². The molecule has 0 saturated heterocycles. The van der Waals surface area contributed by atoms with E-state index < -0.39 is 0 Å². The molecular weight excluding hydrogens is 238 g/mol. The summed E-state index contributed by atoms with van der Waals surface area (Å²) in [5.41, 5.74) is 7.28. The molecule has 90 valence electrons. The first-order valence-corrected chi connectivity index (χ1v) is 7.20. The summed E-state index contributed by atoms with van der Waals surface area (Å²) in [6, 6.07) is 8.18. The van der Waals surface area contributed by atoms with Crippen LogP contribution >= 0.6 is 23.4 Å². The zero-order valence-electron chi connectivity index (χ0n) is 9.95. The highest BCUT2D eigenvalue weighted by Gasteiger charge is 2.16. The number of halogens is 1. The van der Waals surface area contributed by atoms with E-state index in [0.29, 0.717) is 5.25 Å². The molecule has 2 N–H and O–H groups in total. The van der Waals surface area contributed by atoms with Gasteiger partial charge in [0.05, 0.1) is 0 Å². The first-order valence-electron chi connectivity index (χ1n) is 5.77. The van der Waals surface area contributed by atoms with Crippen LogP contribution in [-0.2, 0) is 0 Å². The van der Waals surface area contributed by atoms with Gasteiger partial charge in [-0.25, -0.2) is 0 Å².